The highest BCUT2D eigenvalue weighted by Gasteiger charge is 2.31. The zero-order chi connectivity index (χ0) is 21.1. The number of likely N-dealkylation sites (tertiary alicyclic amines) is 1. The van der Waals surface area contributed by atoms with Crippen molar-refractivity contribution in [2.75, 3.05) is 13.7 Å². The first-order valence-electron chi connectivity index (χ1n) is 10.4. The molecule has 3 aromatic rings. The van der Waals surface area contributed by atoms with E-state index in [0.717, 1.165) is 47.7 Å². The van der Waals surface area contributed by atoms with Crippen molar-refractivity contribution >= 4 is 5.91 Å². The molecule has 1 amide bonds. The summed E-state index contributed by atoms with van der Waals surface area (Å²) in [7, 11) is 1.67. The molecular weight excluding hydrogens is 380 g/mol. The summed E-state index contributed by atoms with van der Waals surface area (Å²) in [6.45, 7) is 4.87. The Hall–Kier alpha value is -3.09. The van der Waals surface area contributed by atoms with Crippen LogP contribution in [0.4, 0.5) is 0 Å². The molecule has 1 atom stereocenters. The molecule has 4 rings (SSSR count). The van der Waals surface area contributed by atoms with Gasteiger partial charge < -0.3 is 14.1 Å². The van der Waals surface area contributed by atoms with Gasteiger partial charge in [0.25, 0.3) is 0 Å². The van der Waals surface area contributed by atoms with E-state index in [0.29, 0.717) is 18.9 Å². The van der Waals surface area contributed by atoms with Crippen LogP contribution in [0.5, 0.6) is 5.75 Å². The molecule has 0 radical (unpaired) electrons. The van der Waals surface area contributed by atoms with E-state index in [1.807, 2.05) is 49.1 Å². The van der Waals surface area contributed by atoms with E-state index in [1.165, 1.54) is 0 Å². The van der Waals surface area contributed by atoms with Crippen LogP contribution in [0.3, 0.4) is 0 Å². The fourth-order valence-electron chi connectivity index (χ4n) is 4.14. The summed E-state index contributed by atoms with van der Waals surface area (Å²) in [5, 5.41) is 4.43. The number of rotatable bonds is 6. The van der Waals surface area contributed by atoms with Crippen molar-refractivity contribution in [2.45, 2.75) is 52.1 Å². The van der Waals surface area contributed by atoms with Crippen LogP contribution in [-0.4, -0.2) is 39.2 Å². The number of oxazole rings is 1. The molecule has 1 fully saturated rings. The molecule has 0 saturated carbocycles. The maximum Gasteiger partial charge on any atom is 0.244 e. The van der Waals surface area contributed by atoms with Crippen molar-refractivity contribution in [3.63, 3.8) is 0 Å². The van der Waals surface area contributed by atoms with Gasteiger partial charge >= 0.3 is 0 Å². The van der Waals surface area contributed by atoms with Gasteiger partial charge in [0.15, 0.2) is 0 Å². The summed E-state index contributed by atoms with van der Waals surface area (Å²) in [5.41, 5.74) is 2.96. The number of aryl methyl sites for hydroxylation is 2. The fourth-order valence-corrected chi connectivity index (χ4v) is 4.14. The molecule has 30 heavy (non-hydrogen) atoms. The van der Waals surface area contributed by atoms with Crippen LogP contribution in [-0.2, 0) is 17.8 Å². The predicted octanol–water partition coefficient (Wildman–Crippen LogP) is 3.84. The van der Waals surface area contributed by atoms with Gasteiger partial charge in [0.2, 0.25) is 11.8 Å². The highest BCUT2D eigenvalue weighted by atomic mass is 16.5. The highest BCUT2D eigenvalue weighted by Crippen LogP contribution is 2.32. The number of nitrogens with zero attached hydrogens (tertiary/aromatic N) is 4. The van der Waals surface area contributed by atoms with E-state index in [1.54, 1.807) is 18.0 Å². The third kappa shape index (κ3) is 4.25. The Morgan fingerprint density at radius 3 is 2.87 bits per heavy atom. The minimum absolute atomic E-state index is 0.0513. The molecule has 0 N–H and O–H groups in total. The van der Waals surface area contributed by atoms with Crippen molar-refractivity contribution in [3.8, 4) is 5.75 Å². The number of hydrogen-bond donors (Lipinski definition) is 0. The lowest BCUT2D eigenvalue weighted by Crippen LogP contribution is -2.40. The van der Waals surface area contributed by atoms with Gasteiger partial charge in [-0.25, -0.2) is 4.98 Å². The lowest BCUT2D eigenvalue weighted by molar-refractivity contribution is -0.136. The Kier molecular flexibility index (Phi) is 5.88. The van der Waals surface area contributed by atoms with E-state index in [-0.39, 0.29) is 18.5 Å². The second-order valence-corrected chi connectivity index (χ2v) is 7.84. The van der Waals surface area contributed by atoms with E-state index in [9.17, 15) is 4.79 Å². The molecule has 1 aromatic carbocycles. The molecular formula is C23H28N4O3. The number of carbonyl (C=O) groups excluding carboxylic acids is 1. The minimum Gasteiger partial charge on any atom is -0.496 e. The Bertz CT molecular complexity index is 1020. The molecule has 158 valence electrons. The number of para-hydroxylation sites is 1. The molecule has 1 saturated heterocycles. The van der Waals surface area contributed by atoms with E-state index in [4.69, 9.17) is 9.15 Å². The molecule has 0 bridgehead atoms. The summed E-state index contributed by atoms with van der Waals surface area (Å²) in [4.78, 5) is 19.5. The van der Waals surface area contributed by atoms with Crippen LogP contribution in [0.15, 0.2) is 40.9 Å². The summed E-state index contributed by atoms with van der Waals surface area (Å²) in [6.07, 6.45) is 5.27. The van der Waals surface area contributed by atoms with Gasteiger partial charge in [0.1, 0.15) is 24.1 Å². The summed E-state index contributed by atoms with van der Waals surface area (Å²) in [5.74, 6) is 2.26. The molecule has 0 aliphatic carbocycles. The van der Waals surface area contributed by atoms with Crippen molar-refractivity contribution < 1.29 is 13.9 Å². The number of hydrogen-bond acceptors (Lipinski definition) is 5. The minimum atomic E-state index is -0.130. The molecule has 0 spiro atoms. The van der Waals surface area contributed by atoms with Crippen molar-refractivity contribution in [1.29, 1.82) is 0 Å². The average Bonchev–Trinajstić information content (AvgIpc) is 3.34. The van der Waals surface area contributed by atoms with Crippen molar-refractivity contribution in [2.24, 2.45) is 0 Å². The van der Waals surface area contributed by atoms with Crippen LogP contribution in [0.1, 0.15) is 53.9 Å². The van der Waals surface area contributed by atoms with E-state index < -0.39 is 0 Å². The van der Waals surface area contributed by atoms with Crippen molar-refractivity contribution in [1.82, 2.24) is 19.7 Å². The monoisotopic (exact) mass is 408 g/mol. The summed E-state index contributed by atoms with van der Waals surface area (Å²) in [6, 6.07) is 9.74. The summed E-state index contributed by atoms with van der Waals surface area (Å²) < 4.78 is 13.3. The van der Waals surface area contributed by atoms with E-state index >= 15 is 0 Å². The SMILES string of the molecule is COc1ccccc1Cc1cnc(C2CCCCN2C(=O)Cn2nc(C)cc2C)o1. The molecule has 2 aromatic heterocycles. The number of benzene rings is 1. The van der Waals surface area contributed by atoms with Gasteiger partial charge in [0, 0.05) is 24.2 Å². The smallest absolute Gasteiger partial charge is 0.244 e. The number of methoxy groups -OCH3 is 1. The quantitative estimate of drug-likeness (QED) is 0.620. The first-order chi connectivity index (χ1) is 14.5. The Balaban J connectivity index is 1.50. The third-order valence-electron chi connectivity index (χ3n) is 5.63. The number of carbonyl (C=O) groups is 1. The second kappa shape index (κ2) is 8.73. The molecule has 1 unspecified atom stereocenters. The third-order valence-corrected chi connectivity index (χ3v) is 5.63. The van der Waals surface area contributed by atoms with Gasteiger partial charge in [0.05, 0.1) is 19.0 Å². The first kappa shape index (κ1) is 20.2. The van der Waals surface area contributed by atoms with Gasteiger partial charge in [-0.3, -0.25) is 9.48 Å². The van der Waals surface area contributed by atoms with E-state index in [2.05, 4.69) is 10.1 Å². The molecule has 3 heterocycles. The number of aromatic nitrogens is 3. The maximum absolute atomic E-state index is 13.1. The van der Waals surface area contributed by atoms with Crippen LogP contribution in [0.25, 0.3) is 0 Å². The molecule has 7 nitrogen and oxygen atoms in total. The van der Waals surface area contributed by atoms with Gasteiger partial charge in [-0.05, 0) is 45.2 Å². The van der Waals surface area contributed by atoms with Gasteiger partial charge in [-0.2, -0.15) is 5.10 Å². The Labute approximate surface area is 176 Å². The second-order valence-electron chi connectivity index (χ2n) is 7.84. The number of ether oxygens (including phenoxy) is 1. The van der Waals surface area contributed by atoms with Gasteiger partial charge in [-0.15, -0.1) is 0 Å². The maximum atomic E-state index is 13.1. The van der Waals surface area contributed by atoms with Crippen LogP contribution in [0.2, 0.25) is 0 Å². The molecule has 7 heteroatoms. The zero-order valence-electron chi connectivity index (χ0n) is 17.8. The van der Waals surface area contributed by atoms with Crippen molar-refractivity contribution in [3.05, 3.63) is 65.1 Å². The standard InChI is InChI=1S/C23H28N4O3/c1-16-12-17(2)27(25-16)15-22(28)26-11-7-6-9-20(26)23-24-14-19(30-23)13-18-8-4-5-10-21(18)29-3/h4-5,8,10,12,14,20H,6-7,9,11,13,15H2,1-3H3. The molecule has 1 aliphatic rings. The normalized spacial score (nSPS) is 16.6. The zero-order valence-corrected chi connectivity index (χ0v) is 17.8. The van der Waals surface area contributed by atoms with Crippen LogP contribution in [0, 0.1) is 13.8 Å². The van der Waals surface area contributed by atoms with Crippen LogP contribution < -0.4 is 4.74 Å². The fraction of sp³-hybridized carbons (Fsp3) is 0.435. The topological polar surface area (TPSA) is 73.4 Å². The highest BCUT2D eigenvalue weighted by molar-refractivity contribution is 5.76. The first-order valence-corrected chi connectivity index (χ1v) is 10.4. The Morgan fingerprint density at radius 2 is 2.10 bits per heavy atom. The predicted molar refractivity (Wildman–Crippen MR) is 112 cm³/mol. The number of amides is 1. The summed E-state index contributed by atoms with van der Waals surface area (Å²) >= 11 is 0. The number of piperidine rings is 1. The lowest BCUT2D eigenvalue weighted by Gasteiger charge is -2.33. The van der Waals surface area contributed by atoms with Gasteiger partial charge in [-0.1, -0.05) is 18.2 Å². The lowest BCUT2D eigenvalue weighted by atomic mass is 10.0. The molecule has 1 aliphatic heterocycles. The van der Waals surface area contributed by atoms with Crippen LogP contribution >= 0.6 is 0 Å². The average molecular weight is 409 g/mol. The largest absolute Gasteiger partial charge is 0.496 e. The Morgan fingerprint density at radius 1 is 1.27 bits per heavy atom.